The van der Waals surface area contributed by atoms with E-state index in [1.807, 2.05) is 6.07 Å². The van der Waals surface area contributed by atoms with Crippen LogP contribution < -0.4 is 4.90 Å². The lowest BCUT2D eigenvalue weighted by Crippen LogP contribution is -2.47. The molecule has 1 aromatic heterocycles. The molecular formula is C15H23N3O3. The Bertz CT molecular complexity index is 442. The highest BCUT2D eigenvalue weighted by molar-refractivity contribution is 5.89. The van der Waals surface area contributed by atoms with Crippen molar-refractivity contribution in [1.29, 1.82) is 0 Å². The quantitative estimate of drug-likeness (QED) is 0.781. The molecule has 2 heterocycles. The summed E-state index contributed by atoms with van der Waals surface area (Å²) < 4.78 is 4.95. The number of aliphatic hydroxyl groups is 1. The minimum atomic E-state index is -0.328. The Hall–Kier alpha value is -1.66. The molecule has 116 valence electrons. The van der Waals surface area contributed by atoms with Gasteiger partial charge in [0.05, 0.1) is 12.2 Å². The van der Waals surface area contributed by atoms with E-state index in [9.17, 15) is 4.79 Å². The smallest absolute Gasteiger partial charge is 0.339 e. The Morgan fingerprint density at radius 3 is 2.67 bits per heavy atom. The van der Waals surface area contributed by atoms with Crippen LogP contribution in [0.3, 0.4) is 0 Å². The van der Waals surface area contributed by atoms with Gasteiger partial charge in [0.25, 0.3) is 0 Å². The number of ether oxygens (including phenoxy) is 1. The van der Waals surface area contributed by atoms with Crippen LogP contribution in [0.5, 0.6) is 0 Å². The van der Waals surface area contributed by atoms with Crippen LogP contribution in [-0.4, -0.2) is 66.9 Å². The highest BCUT2D eigenvalue weighted by Crippen LogP contribution is 2.14. The number of piperazine rings is 1. The number of nitrogens with zero attached hydrogens (tertiary/aromatic N) is 3. The number of aliphatic hydroxyl groups excluding tert-OH is 1. The third-order valence-electron chi connectivity index (χ3n) is 3.59. The Kier molecular flexibility index (Phi) is 5.95. The average molecular weight is 293 g/mol. The second-order valence-electron chi connectivity index (χ2n) is 5.03. The third kappa shape index (κ3) is 4.41. The SMILES string of the molecule is CCOC(=O)c1ccc(N2CCN(CCCO)CC2)nc1. The molecule has 0 radical (unpaired) electrons. The normalized spacial score (nSPS) is 16.0. The van der Waals surface area contributed by atoms with Gasteiger partial charge in [0.2, 0.25) is 0 Å². The van der Waals surface area contributed by atoms with Gasteiger partial charge in [0, 0.05) is 45.5 Å². The van der Waals surface area contributed by atoms with Crippen molar-refractivity contribution < 1.29 is 14.6 Å². The van der Waals surface area contributed by atoms with E-state index in [1.54, 1.807) is 19.2 Å². The summed E-state index contributed by atoms with van der Waals surface area (Å²) in [6, 6.07) is 3.63. The molecule has 2 rings (SSSR count). The molecule has 0 aromatic carbocycles. The molecule has 1 aliphatic heterocycles. The van der Waals surface area contributed by atoms with E-state index in [-0.39, 0.29) is 12.6 Å². The molecule has 0 atom stereocenters. The molecule has 1 saturated heterocycles. The number of esters is 1. The zero-order chi connectivity index (χ0) is 15.1. The molecule has 1 fully saturated rings. The summed E-state index contributed by atoms with van der Waals surface area (Å²) in [7, 11) is 0. The standard InChI is InChI=1S/C15H23N3O3/c1-2-21-15(20)13-4-5-14(16-12-13)18-9-7-17(8-10-18)6-3-11-19/h4-5,12,19H,2-3,6-11H2,1H3. The predicted molar refractivity (Wildman–Crippen MR) is 80.5 cm³/mol. The first-order valence-corrected chi connectivity index (χ1v) is 7.46. The van der Waals surface area contributed by atoms with Crippen LogP contribution in [0.4, 0.5) is 5.82 Å². The van der Waals surface area contributed by atoms with E-state index in [0.29, 0.717) is 12.2 Å². The number of hydrogen-bond acceptors (Lipinski definition) is 6. The molecule has 0 bridgehead atoms. The molecule has 0 saturated carbocycles. The molecule has 6 heteroatoms. The summed E-state index contributed by atoms with van der Waals surface area (Å²) in [6.07, 6.45) is 2.40. The molecule has 1 aliphatic rings. The fourth-order valence-corrected chi connectivity index (χ4v) is 2.40. The lowest BCUT2D eigenvalue weighted by Gasteiger charge is -2.35. The zero-order valence-corrected chi connectivity index (χ0v) is 12.5. The summed E-state index contributed by atoms with van der Waals surface area (Å²) in [6.45, 7) is 7.12. The first-order valence-electron chi connectivity index (χ1n) is 7.46. The van der Waals surface area contributed by atoms with Crippen molar-refractivity contribution in [3.8, 4) is 0 Å². The van der Waals surface area contributed by atoms with Crippen molar-refractivity contribution in [2.24, 2.45) is 0 Å². The molecule has 0 spiro atoms. The lowest BCUT2D eigenvalue weighted by molar-refractivity contribution is 0.0526. The summed E-state index contributed by atoms with van der Waals surface area (Å²) in [5, 5.41) is 8.85. The van der Waals surface area contributed by atoms with Gasteiger partial charge >= 0.3 is 5.97 Å². The van der Waals surface area contributed by atoms with E-state index >= 15 is 0 Å². The number of pyridine rings is 1. The van der Waals surface area contributed by atoms with Crippen LogP contribution in [0.2, 0.25) is 0 Å². The summed E-state index contributed by atoms with van der Waals surface area (Å²) in [5.41, 5.74) is 0.488. The molecular weight excluding hydrogens is 270 g/mol. The average Bonchev–Trinajstić information content (AvgIpc) is 2.54. The van der Waals surface area contributed by atoms with E-state index < -0.39 is 0 Å². The number of carbonyl (C=O) groups is 1. The minimum Gasteiger partial charge on any atom is -0.462 e. The molecule has 0 aliphatic carbocycles. The monoisotopic (exact) mass is 293 g/mol. The van der Waals surface area contributed by atoms with Gasteiger partial charge in [-0.2, -0.15) is 0 Å². The lowest BCUT2D eigenvalue weighted by atomic mass is 10.2. The third-order valence-corrected chi connectivity index (χ3v) is 3.59. The van der Waals surface area contributed by atoms with Gasteiger partial charge in [-0.25, -0.2) is 9.78 Å². The fraction of sp³-hybridized carbons (Fsp3) is 0.600. The molecule has 6 nitrogen and oxygen atoms in total. The Balaban J connectivity index is 1.87. The fourth-order valence-electron chi connectivity index (χ4n) is 2.40. The summed E-state index contributed by atoms with van der Waals surface area (Å²) >= 11 is 0. The number of hydrogen-bond donors (Lipinski definition) is 1. The Labute approximate surface area is 125 Å². The summed E-state index contributed by atoms with van der Waals surface area (Å²) in [4.78, 5) is 20.5. The first kappa shape index (κ1) is 15.7. The van der Waals surface area contributed by atoms with Gasteiger partial charge in [-0.15, -0.1) is 0 Å². The number of carbonyl (C=O) groups excluding carboxylic acids is 1. The van der Waals surface area contributed by atoms with E-state index in [2.05, 4.69) is 14.8 Å². The molecule has 21 heavy (non-hydrogen) atoms. The topological polar surface area (TPSA) is 65.9 Å². The molecule has 0 unspecified atom stereocenters. The second-order valence-corrected chi connectivity index (χ2v) is 5.03. The van der Waals surface area contributed by atoms with Crippen molar-refractivity contribution in [1.82, 2.24) is 9.88 Å². The number of aromatic nitrogens is 1. The van der Waals surface area contributed by atoms with Crippen LogP contribution in [-0.2, 0) is 4.74 Å². The predicted octanol–water partition coefficient (Wildman–Crippen LogP) is 0.763. The van der Waals surface area contributed by atoms with Gasteiger partial charge in [-0.05, 0) is 25.5 Å². The van der Waals surface area contributed by atoms with Crippen molar-refractivity contribution >= 4 is 11.8 Å². The van der Waals surface area contributed by atoms with Crippen LogP contribution in [0.1, 0.15) is 23.7 Å². The zero-order valence-electron chi connectivity index (χ0n) is 12.5. The first-order chi connectivity index (χ1) is 10.2. The number of anilines is 1. The summed E-state index contributed by atoms with van der Waals surface area (Å²) in [5.74, 6) is 0.565. The van der Waals surface area contributed by atoms with Crippen molar-refractivity contribution in [2.75, 3.05) is 50.8 Å². The minimum absolute atomic E-state index is 0.247. The van der Waals surface area contributed by atoms with Crippen molar-refractivity contribution in [2.45, 2.75) is 13.3 Å². The van der Waals surface area contributed by atoms with Gasteiger partial charge in [-0.1, -0.05) is 0 Å². The number of rotatable bonds is 6. The van der Waals surface area contributed by atoms with Gasteiger partial charge in [-0.3, -0.25) is 4.90 Å². The maximum Gasteiger partial charge on any atom is 0.339 e. The molecule has 0 amide bonds. The van der Waals surface area contributed by atoms with Crippen LogP contribution >= 0.6 is 0 Å². The van der Waals surface area contributed by atoms with Crippen molar-refractivity contribution in [3.05, 3.63) is 23.9 Å². The van der Waals surface area contributed by atoms with E-state index in [1.165, 1.54) is 0 Å². The maximum atomic E-state index is 11.6. The molecule has 1 aromatic rings. The van der Waals surface area contributed by atoms with Gasteiger partial charge in [0.1, 0.15) is 5.82 Å². The Morgan fingerprint density at radius 1 is 1.33 bits per heavy atom. The highest BCUT2D eigenvalue weighted by Gasteiger charge is 2.18. The largest absolute Gasteiger partial charge is 0.462 e. The van der Waals surface area contributed by atoms with Crippen LogP contribution in [0, 0.1) is 0 Å². The maximum absolute atomic E-state index is 11.6. The van der Waals surface area contributed by atoms with Crippen molar-refractivity contribution in [3.63, 3.8) is 0 Å². The van der Waals surface area contributed by atoms with Gasteiger partial charge in [0.15, 0.2) is 0 Å². The van der Waals surface area contributed by atoms with Crippen LogP contribution in [0.15, 0.2) is 18.3 Å². The van der Waals surface area contributed by atoms with Gasteiger partial charge < -0.3 is 14.7 Å². The second kappa shape index (κ2) is 7.95. The Morgan fingerprint density at radius 2 is 2.10 bits per heavy atom. The van der Waals surface area contributed by atoms with E-state index in [4.69, 9.17) is 9.84 Å². The van der Waals surface area contributed by atoms with E-state index in [0.717, 1.165) is 45.0 Å². The molecule has 1 N–H and O–H groups in total. The van der Waals surface area contributed by atoms with Crippen LogP contribution in [0.25, 0.3) is 0 Å². The highest BCUT2D eigenvalue weighted by atomic mass is 16.5.